The molecule has 0 bridgehead atoms. The average Bonchev–Trinajstić information content (AvgIpc) is 2.20. The van der Waals surface area contributed by atoms with Crippen LogP contribution in [0, 0.1) is 6.92 Å². The van der Waals surface area contributed by atoms with Crippen LogP contribution in [-0.4, -0.2) is 15.0 Å². The third-order valence-electron chi connectivity index (χ3n) is 2.07. The van der Waals surface area contributed by atoms with E-state index in [1.165, 1.54) is 6.33 Å². The smallest absolute Gasteiger partial charge is 0.140 e. The molecule has 0 saturated heterocycles. The van der Waals surface area contributed by atoms with Crippen LogP contribution in [0.4, 0.5) is 5.82 Å². The molecule has 5 heteroatoms. The van der Waals surface area contributed by atoms with Crippen molar-refractivity contribution in [1.29, 1.82) is 0 Å². The second-order valence-electron chi connectivity index (χ2n) is 3.10. The van der Waals surface area contributed by atoms with Gasteiger partial charge in [0.15, 0.2) is 0 Å². The van der Waals surface area contributed by atoms with E-state index in [1.54, 1.807) is 12.3 Å². The van der Waals surface area contributed by atoms with Gasteiger partial charge in [-0.25, -0.2) is 15.0 Å². The number of halogens is 1. The van der Waals surface area contributed by atoms with E-state index in [9.17, 15) is 0 Å². The molecule has 0 fully saturated rings. The molecule has 0 saturated carbocycles. The van der Waals surface area contributed by atoms with Crippen LogP contribution < -0.4 is 5.73 Å². The SMILES string of the molecule is Cc1ncnc(Cl)c1-c1ccc(N)nc1. The summed E-state index contributed by atoms with van der Waals surface area (Å²) in [5, 5.41) is 0.425. The van der Waals surface area contributed by atoms with Crippen LogP contribution in [0.5, 0.6) is 0 Å². The summed E-state index contributed by atoms with van der Waals surface area (Å²) in [5.41, 5.74) is 7.99. The van der Waals surface area contributed by atoms with E-state index in [4.69, 9.17) is 17.3 Å². The fourth-order valence-corrected chi connectivity index (χ4v) is 1.62. The molecule has 0 radical (unpaired) electrons. The molecular formula is C10H9ClN4. The Hall–Kier alpha value is -1.68. The van der Waals surface area contributed by atoms with Gasteiger partial charge in [0.2, 0.25) is 0 Å². The summed E-state index contributed by atoms with van der Waals surface area (Å²) in [7, 11) is 0. The zero-order chi connectivity index (χ0) is 10.8. The molecule has 2 aromatic rings. The van der Waals surface area contributed by atoms with Gasteiger partial charge in [-0.3, -0.25) is 0 Å². The molecule has 0 aromatic carbocycles. The van der Waals surface area contributed by atoms with E-state index < -0.39 is 0 Å². The minimum Gasteiger partial charge on any atom is -0.384 e. The summed E-state index contributed by atoms with van der Waals surface area (Å²) in [6.45, 7) is 1.87. The highest BCUT2D eigenvalue weighted by Gasteiger charge is 2.08. The first kappa shape index (κ1) is 9.86. The van der Waals surface area contributed by atoms with Crippen molar-refractivity contribution in [3.63, 3.8) is 0 Å². The molecule has 0 aliphatic heterocycles. The summed E-state index contributed by atoms with van der Waals surface area (Å²) in [6.07, 6.45) is 3.10. The number of anilines is 1. The van der Waals surface area contributed by atoms with Crippen molar-refractivity contribution in [1.82, 2.24) is 15.0 Å². The minimum absolute atomic E-state index is 0.425. The second kappa shape index (κ2) is 3.82. The monoisotopic (exact) mass is 220 g/mol. The van der Waals surface area contributed by atoms with Gasteiger partial charge in [-0.2, -0.15) is 0 Å². The first-order valence-electron chi connectivity index (χ1n) is 4.37. The van der Waals surface area contributed by atoms with Crippen LogP contribution in [0.1, 0.15) is 5.69 Å². The highest BCUT2D eigenvalue weighted by atomic mass is 35.5. The number of nitrogen functional groups attached to an aromatic ring is 1. The van der Waals surface area contributed by atoms with Crippen LogP contribution in [0.3, 0.4) is 0 Å². The summed E-state index contributed by atoms with van der Waals surface area (Å²) in [5.74, 6) is 0.476. The maximum atomic E-state index is 5.99. The minimum atomic E-state index is 0.425. The number of hydrogen-bond donors (Lipinski definition) is 1. The molecule has 76 valence electrons. The number of nitrogens with two attached hydrogens (primary N) is 1. The van der Waals surface area contributed by atoms with E-state index >= 15 is 0 Å². The topological polar surface area (TPSA) is 64.7 Å². The van der Waals surface area contributed by atoms with Gasteiger partial charge in [-0.15, -0.1) is 0 Å². The number of rotatable bonds is 1. The summed E-state index contributed by atoms with van der Waals surface area (Å²) in [6, 6.07) is 3.57. The second-order valence-corrected chi connectivity index (χ2v) is 3.45. The van der Waals surface area contributed by atoms with Crippen molar-refractivity contribution in [3.05, 3.63) is 35.5 Å². The molecule has 0 spiro atoms. The van der Waals surface area contributed by atoms with Gasteiger partial charge < -0.3 is 5.73 Å². The Balaban J connectivity index is 2.58. The van der Waals surface area contributed by atoms with E-state index in [0.717, 1.165) is 16.8 Å². The maximum absolute atomic E-state index is 5.99. The zero-order valence-corrected chi connectivity index (χ0v) is 8.86. The molecule has 2 rings (SSSR count). The molecule has 15 heavy (non-hydrogen) atoms. The van der Waals surface area contributed by atoms with Crippen LogP contribution in [0.25, 0.3) is 11.1 Å². The van der Waals surface area contributed by atoms with Gasteiger partial charge in [-0.05, 0) is 19.1 Å². The van der Waals surface area contributed by atoms with Crippen molar-refractivity contribution in [2.45, 2.75) is 6.92 Å². The molecule has 0 aliphatic rings. The lowest BCUT2D eigenvalue weighted by Crippen LogP contribution is -1.94. The zero-order valence-electron chi connectivity index (χ0n) is 8.11. The number of aryl methyl sites for hydroxylation is 1. The van der Waals surface area contributed by atoms with Gasteiger partial charge in [0.05, 0.1) is 5.69 Å². The molecular weight excluding hydrogens is 212 g/mol. The number of hydrogen-bond acceptors (Lipinski definition) is 4. The Morgan fingerprint density at radius 3 is 2.60 bits per heavy atom. The normalized spacial score (nSPS) is 10.3. The predicted molar refractivity (Wildman–Crippen MR) is 59.4 cm³/mol. The molecule has 4 nitrogen and oxygen atoms in total. The fraction of sp³-hybridized carbons (Fsp3) is 0.100. The van der Waals surface area contributed by atoms with Gasteiger partial charge in [-0.1, -0.05) is 11.6 Å². The Bertz CT molecular complexity index is 461. The first-order valence-corrected chi connectivity index (χ1v) is 4.75. The van der Waals surface area contributed by atoms with Crippen molar-refractivity contribution < 1.29 is 0 Å². The van der Waals surface area contributed by atoms with E-state index in [0.29, 0.717) is 11.0 Å². The highest BCUT2D eigenvalue weighted by Crippen LogP contribution is 2.27. The molecule has 2 aromatic heterocycles. The molecule has 0 aliphatic carbocycles. The summed E-state index contributed by atoms with van der Waals surface area (Å²) < 4.78 is 0. The third kappa shape index (κ3) is 1.89. The van der Waals surface area contributed by atoms with Crippen LogP contribution in [0.15, 0.2) is 24.7 Å². The van der Waals surface area contributed by atoms with Crippen molar-refractivity contribution in [2.75, 3.05) is 5.73 Å². The molecule has 0 unspecified atom stereocenters. The lowest BCUT2D eigenvalue weighted by atomic mass is 10.1. The lowest BCUT2D eigenvalue weighted by Gasteiger charge is -2.05. The summed E-state index contributed by atoms with van der Waals surface area (Å²) in [4.78, 5) is 12.0. The van der Waals surface area contributed by atoms with Gasteiger partial charge >= 0.3 is 0 Å². The highest BCUT2D eigenvalue weighted by molar-refractivity contribution is 6.32. The Morgan fingerprint density at radius 2 is 2.00 bits per heavy atom. The Labute approximate surface area is 92.2 Å². The molecule has 0 atom stereocenters. The Morgan fingerprint density at radius 1 is 1.20 bits per heavy atom. The predicted octanol–water partition coefficient (Wildman–Crippen LogP) is 2.08. The van der Waals surface area contributed by atoms with E-state index in [2.05, 4.69) is 15.0 Å². The van der Waals surface area contributed by atoms with E-state index in [-0.39, 0.29) is 0 Å². The number of nitrogens with zero attached hydrogens (tertiary/aromatic N) is 3. The van der Waals surface area contributed by atoms with Crippen molar-refractivity contribution >= 4 is 17.4 Å². The van der Waals surface area contributed by atoms with Crippen LogP contribution >= 0.6 is 11.6 Å². The first-order chi connectivity index (χ1) is 7.18. The van der Waals surface area contributed by atoms with Gasteiger partial charge in [0, 0.05) is 17.3 Å². The van der Waals surface area contributed by atoms with Crippen molar-refractivity contribution in [3.8, 4) is 11.1 Å². The van der Waals surface area contributed by atoms with Crippen LogP contribution in [0.2, 0.25) is 5.15 Å². The lowest BCUT2D eigenvalue weighted by molar-refractivity contribution is 1.10. The Kier molecular flexibility index (Phi) is 2.51. The molecule has 0 amide bonds. The molecule has 2 heterocycles. The van der Waals surface area contributed by atoms with Gasteiger partial charge in [0.25, 0.3) is 0 Å². The average molecular weight is 221 g/mol. The number of aromatic nitrogens is 3. The van der Waals surface area contributed by atoms with Gasteiger partial charge in [0.1, 0.15) is 17.3 Å². The quantitative estimate of drug-likeness (QED) is 0.748. The standard InChI is InChI=1S/C10H9ClN4/c1-6-9(10(11)15-5-14-6)7-2-3-8(12)13-4-7/h2-5H,1H3,(H2,12,13). The van der Waals surface area contributed by atoms with Crippen molar-refractivity contribution in [2.24, 2.45) is 0 Å². The molecule has 2 N–H and O–H groups in total. The van der Waals surface area contributed by atoms with Crippen LogP contribution in [-0.2, 0) is 0 Å². The number of pyridine rings is 1. The largest absolute Gasteiger partial charge is 0.384 e. The maximum Gasteiger partial charge on any atom is 0.140 e. The fourth-order valence-electron chi connectivity index (χ4n) is 1.33. The third-order valence-corrected chi connectivity index (χ3v) is 2.35. The summed E-state index contributed by atoms with van der Waals surface area (Å²) >= 11 is 5.99. The van der Waals surface area contributed by atoms with E-state index in [1.807, 2.05) is 13.0 Å².